The minimum atomic E-state index is -0.835. The Balaban J connectivity index is 2.71. The molecule has 0 saturated heterocycles. The van der Waals surface area contributed by atoms with E-state index in [0.717, 1.165) is 0 Å². The van der Waals surface area contributed by atoms with E-state index in [4.69, 9.17) is 9.47 Å². The number of rotatable bonds is 8. The van der Waals surface area contributed by atoms with Crippen LogP contribution >= 0.6 is 0 Å². The second kappa shape index (κ2) is 11.2. The lowest BCUT2D eigenvalue weighted by Gasteiger charge is -2.29. The van der Waals surface area contributed by atoms with Crippen LogP contribution in [0.15, 0.2) is 16.3 Å². The van der Waals surface area contributed by atoms with Gasteiger partial charge in [0, 0.05) is 25.1 Å². The average Bonchev–Trinajstić information content (AvgIpc) is 2.55. The molecule has 8 heteroatoms. The van der Waals surface area contributed by atoms with E-state index in [1.807, 2.05) is 13.8 Å². The predicted octanol–water partition coefficient (Wildman–Crippen LogP) is 5.05. The molecule has 0 fully saturated rings. The second-order valence-electron chi connectivity index (χ2n) is 11.5. The highest BCUT2D eigenvalue weighted by Crippen LogP contribution is 2.36. The minimum absolute atomic E-state index is 0.0865. The number of aliphatic hydroxyl groups excluding tert-OH is 1. The van der Waals surface area contributed by atoms with Crippen LogP contribution in [0.1, 0.15) is 94.4 Å². The molecule has 0 aromatic rings. The molecule has 1 amide bonds. The monoisotopic (exact) mass is 466 g/mol. The van der Waals surface area contributed by atoms with Crippen molar-refractivity contribution in [2.75, 3.05) is 6.54 Å². The van der Waals surface area contributed by atoms with E-state index in [9.17, 15) is 19.5 Å². The van der Waals surface area contributed by atoms with Crippen molar-refractivity contribution in [1.29, 1.82) is 0 Å². The van der Waals surface area contributed by atoms with E-state index in [1.165, 1.54) is 0 Å². The Labute approximate surface area is 198 Å². The molecule has 1 atom stereocenters. The Morgan fingerprint density at radius 3 is 2.15 bits per heavy atom. The van der Waals surface area contributed by atoms with Crippen molar-refractivity contribution in [3.05, 3.63) is 11.3 Å². The minimum Gasteiger partial charge on any atom is -0.511 e. The van der Waals surface area contributed by atoms with E-state index in [-0.39, 0.29) is 17.0 Å². The number of aliphatic hydroxyl groups is 1. The van der Waals surface area contributed by atoms with Crippen molar-refractivity contribution in [3.8, 4) is 0 Å². The van der Waals surface area contributed by atoms with Gasteiger partial charge in [-0.3, -0.25) is 9.79 Å². The third-order valence-electron chi connectivity index (χ3n) is 4.85. The smallest absolute Gasteiger partial charge is 0.408 e. The molecule has 0 radical (unpaired) electrons. The topological polar surface area (TPSA) is 114 Å². The summed E-state index contributed by atoms with van der Waals surface area (Å²) >= 11 is 0. The van der Waals surface area contributed by atoms with Gasteiger partial charge in [-0.05, 0) is 73.1 Å². The zero-order valence-electron chi connectivity index (χ0n) is 21.8. The summed E-state index contributed by atoms with van der Waals surface area (Å²) in [6.45, 7) is 16.6. The van der Waals surface area contributed by atoms with Crippen LogP contribution in [0.5, 0.6) is 0 Å². The number of allylic oxidation sites excluding steroid dienone is 2. The summed E-state index contributed by atoms with van der Waals surface area (Å²) in [6.07, 6.45) is 1.77. The van der Waals surface area contributed by atoms with Gasteiger partial charge in [0.15, 0.2) is 5.78 Å². The van der Waals surface area contributed by atoms with Crippen LogP contribution in [0.2, 0.25) is 0 Å². The summed E-state index contributed by atoms with van der Waals surface area (Å²) in [5.41, 5.74) is -0.747. The van der Waals surface area contributed by atoms with E-state index >= 15 is 0 Å². The maximum atomic E-state index is 12.6. The average molecular weight is 467 g/mol. The van der Waals surface area contributed by atoms with Crippen LogP contribution in [-0.4, -0.2) is 52.5 Å². The summed E-state index contributed by atoms with van der Waals surface area (Å²) in [6, 6.07) is -0.835. The number of esters is 1. The second-order valence-corrected chi connectivity index (χ2v) is 11.5. The largest absolute Gasteiger partial charge is 0.511 e. The molecule has 1 rings (SSSR count). The number of nitrogens with zero attached hydrogens (tertiary/aromatic N) is 1. The molecule has 33 heavy (non-hydrogen) atoms. The number of aliphatic imine (C=N–C) groups is 1. The Morgan fingerprint density at radius 2 is 1.64 bits per heavy atom. The van der Waals surface area contributed by atoms with Gasteiger partial charge in [-0.25, -0.2) is 9.59 Å². The van der Waals surface area contributed by atoms with Crippen LogP contribution in [-0.2, 0) is 19.1 Å². The normalized spacial score (nSPS) is 18.1. The van der Waals surface area contributed by atoms with Crippen molar-refractivity contribution in [3.63, 3.8) is 0 Å². The van der Waals surface area contributed by atoms with Crippen LogP contribution in [0.25, 0.3) is 0 Å². The van der Waals surface area contributed by atoms with Gasteiger partial charge in [0.05, 0.1) is 5.57 Å². The summed E-state index contributed by atoms with van der Waals surface area (Å²) in [7, 11) is 0. The Hall–Kier alpha value is -2.38. The van der Waals surface area contributed by atoms with E-state index < -0.39 is 29.3 Å². The first-order valence-corrected chi connectivity index (χ1v) is 11.6. The highest BCUT2D eigenvalue weighted by Gasteiger charge is 2.34. The van der Waals surface area contributed by atoms with Gasteiger partial charge in [0.1, 0.15) is 23.0 Å². The first-order valence-electron chi connectivity index (χ1n) is 11.6. The molecule has 188 valence electrons. The Kier molecular flexibility index (Phi) is 9.69. The molecule has 0 aromatic heterocycles. The van der Waals surface area contributed by atoms with Gasteiger partial charge >= 0.3 is 12.1 Å². The van der Waals surface area contributed by atoms with Crippen LogP contribution in [0.3, 0.4) is 0 Å². The van der Waals surface area contributed by atoms with E-state index in [1.54, 1.807) is 48.5 Å². The maximum Gasteiger partial charge on any atom is 0.408 e. The number of nitrogens with one attached hydrogen (secondary N) is 1. The molecule has 0 bridgehead atoms. The zero-order chi connectivity index (χ0) is 25.6. The van der Waals surface area contributed by atoms with Gasteiger partial charge in [0.2, 0.25) is 0 Å². The molecule has 0 saturated carbocycles. The van der Waals surface area contributed by atoms with Gasteiger partial charge in [-0.15, -0.1) is 0 Å². The quantitative estimate of drug-likeness (QED) is 0.294. The first-order chi connectivity index (χ1) is 14.9. The number of unbranched alkanes of at least 4 members (excludes halogenated alkanes) is 1. The molecule has 1 aliphatic rings. The summed E-state index contributed by atoms with van der Waals surface area (Å²) in [4.78, 5) is 41.6. The summed E-state index contributed by atoms with van der Waals surface area (Å²) in [5, 5.41) is 12.9. The number of carbonyl (C=O) groups is 3. The molecule has 0 aromatic carbocycles. The molecule has 1 aliphatic carbocycles. The standard InChI is InChI=1S/C25H42N2O6/c1-16(20-18(28)14-25(8,9)15-19(20)29)26-13-11-10-12-17(21(30)32-23(2,3)4)27-22(31)33-24(5,6)7/h17,28H,10-15H2,1-9H3,(H,27,31)/t17-/m0/s1. The molecule has 2 N–H and O–H groups in total. The van der Waals surface area contributed by atoms with Crippen molar-refractivity contribution in [2.45, 2.75) is 112 Å². The van der Waals surface area contributed by atoms with Gasteiger partial charge in [-0.2, -0.15) is 0 Å². The third kappa shape index (κ3) is 10.9. The molecule has 0 unspecified atom stereocenters. The molecule has 0 spiro atoms. The number of hydrogen-bond acceptors (Lipinski definition) is 7. The van der Waals surface area contributed by atoms with Crippen LogP contribution in [0.4, 0.5) is 4.79 Å². The fraction of sp³-hybridized carbons (Fsp3) is 0.760. The Bertz CT molecular complexity index is 797. The number of hydrogen-bond donors (Lipinski definition) is 2. The maximum absolute atomic E-state index is 12.6. The van der Waals surface area contributed by atoms with E-state index in [0.29, 0.717) is 49.9 Å². The molecule has 8 nitrogen and oxygen atoms in total. The number of ether oxygens (including phenoxy) is 2. The number of ketones is 1. The lowest BCUT2D eigenvalue weighted by atomic mass is 9.76. The highest BCUT2D eigenvalue weighted by molar-refractivity contribution is 6.22. The SMILES string of the molecule is CC(=NCCCC[C@H](NC(=O)OC(C)(C)C)C(=O)OC(C)(C)C)C1=C(O)CC(C)(C)CC1=O. The van der Waals surface area contributed by atoms with Gasteiger partial charge in [-0.1, -0.05) is 13.8 Å². The molecular formula is C25H42N2O6. The van der Waals surface area contributed by atoms with Gasteiger partial charge < -0.3 is 19.9 Å². The zero-order valence-corrected chi connectivity index (χ0v) is 21.8. The first kappa shape index (κ1) is 28.7. The molecule has 0 aliphatic heterocycles. The fourth-order valence-electron chi connectivity index (χ4n) is 3.56. The summed E-state index contributed by atoms with van der Waals surface area (Å²) < 4.78 is 10.7. The van der Waals surface area contributed by atoms with Crippen LogP contribution < -0.4 is 5.32 Å². The third-order valence-corrected chi connectivity index (χ3v) is 4.85. The predicted molar refractivity (Wildman–Crippen MR) is 129 cm³/mol. The fourth-order valence-corrected chi connectivity index (χ4v) is 3.56. The highest BCUT2D eigenvalue weighted by atomic mass is 16.6. The number of Topliss-reactive ketones (excluding diaryl/α,β-unsaturated/α-hetero) is 1. The lowest BCUT2D eigenvalue weighted by molar-refractivity contribution is -0.157. The van der Waals surface area contributed by atoms with Gasteiger partial charge in [0.25, 0.3) is 0 Å². The summed E-state index contributed by atoms with van der Waals surface area (Å²) in [5.74, 6) is -0.501. The number of alkyl carbamates (subject to hydrolysis) is 1. The van der Waals surface area contributed by atoms with Crippen molar-refractivity contribution < 1.29 is 29.0 Å². The van der Waals surface area contributed by atoms with Crippen molar-refractivity contribution in [2.24, 2.45) is 10.4 Å². The number of amides is 1. The van der Waals surface area contributed by atoms with Crippen molar-refractivity contribution in [1.82, 2.24) is 5.32 Å². The molecular weight excluding hydrogens is 424 g/mol. The molecule has 0 heterocycles. The van der Waals surface area contributed by atoms with Crippen molar-refractivity contribution >= 4 is 23.6 Å². The van der Waals surface area contributed by atoms with E-state index in [2.05, 4.69) is 10.3 Å². The lowest BCUT2D eigenvalue weighted by Crippen LogP contribution is -2.46. The number of carbonyl (C=O) groups excluding carboxylic acids is 3. The van der Waals surface area contributed by atoms with Crippen LogP contribution in [0, 0.1) is 5.41 Å². The Morgan fingerprint density at radius 1 is 1.06 bits per heavy atom.